The zero-order valence-corrected chi connectivity index (χ0v) is 12.9. The molecule has 0 spiro atoms. The van der Waals surface area contributed by atoms with Crippen molar-refractivity contribution in [2.24, 2.45) is 0 Å². The van der Waals surface area contributed by atoms with Crippen LogP contribution in [0.1, 0.15) is 15.9 Å². The largest absolute Gasteiger partial charge is 0.322 e. The number of amides is 1. The topological polar surface area (TPSA) is 66.5 Å². The molecule has 1 aliphatic rings. The zero-order valence-electron chi connectivity index (χ0n) is 12.1. The second-order valence-corrected chi connectivity index (χ2v) is 7.16. The summed E-state index contributed by atoms with van der Waals surface area (Å²) in [6, 6.07) is 14.3. The van der Waals surface area contributed by atoms with Gasteiger partial charge in [0.05, 0.1) is 11.9 Å². The van der Waals surface area contributed by atoms with E-state index in [1.54, 1.807) is 24.3 Å². The van der Waals surface area contributed by atoms with Crippen molar-refractivity contribution in [1.29, 1.82) is 0 Å². The van der Waals surface area contributed by atoms with Crippen LogP contribution in [0.25, 0.3) is 0 Å². The second-order valence-electron chi connectivity index (χ2n) is 5.25. The van der Waals surface area contributed by atoms with E-state index in [9.17, 15) is 13.2 Å². The first-order valence-corrected chi connectivity index (χ1v) is 8.77. The van der Waals surface area contributed by atoms with Crippen molar-refractivity contribution in [3.05, 3.63) is 59.7 Å². The molecule has 0 bridgehead atoms. The molecule has 0 saturated heterocycles. The predicted octanol–water partition coefficient (Wildman–Crippen LogP) is 2.26. The number of hydrogen-bond acceptors (Lipinski definition) is 3. The first-order chi connectivity index (χ1) is 10.4. The van der Waals surface area contributed by atoms with E-state index in [-0.39, 0.29) is 5.91 Å². The van der Waals surface area contributed by atoms with Gasteiger partial charge < -0.3 is 5.32 Å². The molecule has 3 rings (SSSR count). The lowest BCUT2D eigenvalue weighted by atomic mass is 10.1. The van der Waals surface area contributed by atoms with E-state index in [2.05, 4.69) is 5.32 Å². The van der Waals surface area contributed by atoms with Crippen LogP contribution in [0.5, 0.6) is 0 Å². The lowest BCUT2D eigenvalue weighted by molar-refractivity contribution is 0.102. The Hall–Kier alpha value is -2.34. The molecule has 2 aromatic rings. The van der Waals surface area contributed by atoms with Gasteiger partial charge in [0.25, 0.3) is 5.91 Å². The standard InChI is InChI=1S/C16H16N2O3S/c1-22(20,21)18-10-9-12-7-8-13(11-15(12)18)16(19)17-14-5-3-2-4-6-14/h2-8,11H,9-10H2,1H3,(H,17,19). The summed E-state index contributed by atoms with van der Waals surface area (Å²) in [7, 11) is -3.32. The minimum absolute atomic E-state index is 0.255. The SMILES string of the molecule is CS(=O)(=O)N1CCc2ccc(C(=O)Nc3ccccc3)cc21. The van der Waals surface area contributed by atoms with Crippen LogP contribution >= 0.6 is 0 Å². The highest BCUT2D eigenvalue weighted by Gasteiger charge is 2.26. The van der Waals surface area contributed by atoms with Crippen LogP contribution in [0.2, 0.25) is 0 Å². The molecule has 5 nitrogen and oxygen atoms in total. The fourth-order valence-electron chi connectivity index (χ4n) is 2.56. The maximum Gasteiger partial charge on any atom is 0.255 e. The van der Waals surface area contributed by atoms with E-state index in [0.717, 1.165) is 5.56 Å². The third-order valence-corrected chi connectivity index (χ3v) is 4.81. The van der Waals surface area contributed by atoms with Crippen LogP contribution in [0.4, 0.5) is 11.4 Å². The molecular weight excluding hydrogens is 300 g/mol. The molecule has 22 heavy (non-hydrogen) atoms. The molecule has 0 aliphatic carbocycles. The molecule has 1 N–H and O–H groups in total. The Bertz CT molecular complexity index is 817. The fourth-order valence-corrected chi connectivity index (χ4v) is 3.51. The highest BCUT2D eigenvalue weighted by atomic mass is 32.2. The Labute approximate surface area is 129 Å². The van der Waals surface area contributed by atoms with Gasteiger partial charge in [-0.15, -0.1) is 0 Å². The summed E-state index contributed by atoms with van der Waals surface area (Å²) in [5, 5.41) is 2.80. The maximum absolute atomic E-state index is 12.3. The van der Waals surface area contributed by atoms with Gasteiger partial charge in [-0.2, -0.15) is 0 Å². The third-order valence-electron chi connectivity index (χ3n) is 3.63. The van der Waals surface area contributed by atoms with Crippen molar-refractivity contribution in [1.82, 2.24) is 0 Å². The zero-order chi connectivity index (χ0) is 15.7. The summed E-state index contributed by atoms with van der Waals surface area (Å²) in [5.41, 5.74) is 2.69. The number of sulfonamides is 1. The van der Waals surface area contributed by atoms with E-state index in [0.29, 0.717) is 29.9 Å². The lowest BCUT2D eigenvalue weighted by Gasteiger charge is -2.17. The molecule has 0 aromatic heterocycles. The predicted molar refractivity (Wildman–Crippen MR) is 86.7 cm³/mol. The first kappa shape index (κ1) is 14.6. The van der Waals surface area contributed by atoms with Gasteiger partial charge in [-0.25, -0.2) is 8.42 Å². The van der Waals surface area contributed by atoms with Crippen molar-refractivity contribution in [2.75, 3.05) is 22.4 Å². The molecule has 0 saturated carbocycles. The van der Waals surface area contributed by atoms with Gasteiger partial charge in [-0.1, -0.05) is 24.3 Å². The molecule has 114 valence electrons. The third kappa shape index (κ3) is 2.82. The average Bonchev–Trinajstić information content (AvgIpc) is 2.91. The van der Waals surface area contributed by atoms with E-state index in [1.165, 1.54) is 10.6 Å². The van der Waals surface area contributed by atoms with E-state index < -0.39 is 10.0 Å². The van der Waals surface area contributed by atoms with Crippen LogP contribution in [-0.4, -0.2) is 27.1 Å². The number of carbonyl (C=O) groups excluding carboxylic acids is 1. The van der Waals surface area contributed by atoms with Gasteiger partial charge in [0, 0.05) is 17.8 Å². The normalized spacial score (nSPS) is 13.8. The van der Waals surface area contributed by atoms with Gasteiger partial charge in [-0.05, 0) is 36.2 Å². The number of hydrogen-bond donors (Lipinski definition) is 1. The molecule has 1 aliphatic heterocycles. The second kappa shape index (κ2) is 5.46. The van der Waals surface area contributed by atoms with Gasteiger partial charge in [0.2, 0.25) is 10.0 Å². The maximum atomic E-state index is 12.3. The molecule has 0 radical (unpaired) electrons. The average molecular weight is 316 g/mol. The minimum atomic E-state index is -3.32. The lowest BCUT2D eigenvalue weighted by Crippen LogP contribution is -2.27. The van der Waals surface area contributed by atoms with Crippen molar-refractivity contribution < 1.29 is 13.2 Å². The Morgan fingerprint density at radius 2 is 1.86 bits per heavy atom. The minimum Gasteiger partial charge on any atom is -0.322 e. The molecule has 2 aromatic carbocycles. The van der Waals surface area contributed by atoms with Crippen molar-refractivity contribution in [3.8, 4) is 0 Å². The summed E-state index contributed by atoms with van der Waals surface area (Å²) in [6.07, 6.45) is 1.85. The summed E-state index contributed by atoms with van der Waals surface area (Å²) in [4.78, 5) is 12.3. The van der Waals surface area contributed by atoms with Crippen LogP contribution in [0.15, 0.2) is 48.5 Å². The van der Waals surface area contributed by atoms with Crippen LogP contribution in [0.3, 0.4) is 0 Å². The van der Waals surface area contributed by atoms with Gasteiger partial charge in [0.15, 0.2) is 0 Å². The Morgan fingerprint density at radius 3 is 2.55 bits per heavy atom. The smallest absolute Gasteiger partial charge is 0.255 e. The highest BCUT2D eigenvalue weighted by Crippen LogP contribution is 2.31. The molecule has 1 amide bonds. The number of nitrogens with zero attached hydrogens (tertiary/aromatic N) is 1. The van der Waals surface area contributed by atoms with Crippen LogP contribution in [-0.2, 0) is 16.4 Å². The number of para-hydroxylation sites is 1. The quantitative estimate of drug-likeness (QED) is 0.944. The van der Waals surface area contributed by atoms with E-state index in [4.69, 9.17) is 0 Å². The van der Waals surface area contributed by atoms with E-state index >= 15 is 0 Å². The number of fused-ring (bicyclic) bond motifs is 1. The summed E-state index contributed by atoms with van der Waals surface area (Å²) in [6.45, 7) is 0.428. The number of nitrogens with one attached hydrogen (secondary N) is 1. The molecule has 0 fully saturated rings. The molecule has 1 heterocycles. The summed E-state index contributed by atoms with van der Waals surface area (Å²) < 4.78 is 24.9. The Balaban J connectivity index is 1.89. The number of anilines is 2. The number of rotatable bonds is 3. The molecule has 0 atom stereocenters. The summed E-state index contributed by atoms with van der Waals surface area (Å²) >= 11 is 0. The van der Waals surface area contributed by atoms with Gasteiger partial charge in [0.1, 0.15) is 0 Å². The van der Waals surface area contributed by atoms with Crippen LogP contribution in [0, 0.1) is 0 Å². The van der Waals surface area contributed by atoms with Gasteiger partial charge in [-0.3, -0.25) is 9.10 Å². The van der Waals surface area contributed by atoms with Crippen molar-refractivity contribution in [2.45, 2.75) is 6.42 Å². The number of carbonyl (C=O) groups is 1. The van der Waals surface area contributed by atoms with Crippen molar-refractivity contribution >= 4 is 27.3 Å². The first-order valence-electron chi connectivity index (χ1n) is 6.92. The van der Waals surface area contributed by atoms with Crippen LogP contribution < -0.4 is 9.62 Å². The highest BCUT2D eigenvalue weighted by molar-refractivity contribution is 7.92. The Morgan fingerprint density at radius 1 is 1.14 bits per heavy atom. The molecule has 6 heteroatoms. The molecular formula is C16H16N2O3S. The van der Waals surface area contributed by atoms with Gasteiger partial charge >= 0.3 is 0 Å². The fraction of sp³-hybridized carbons (Fsp3) is 0.188. The van der Waals surface area contributed by atoms with Crippen molar-refractivity contribution in [3.63, 3.8) is 0 Å². The van der Waals surface area contributed by atoms with E-state index in [1.807, 2.05) is 24.3 Å². The monoisotopic (exact) mass is 316 g/mol. The number of benzene rings is 2. The molecule has 0 unspecified atom stereocenters. The Kier molecular flexibility index (Phi) is 3.62. The summed E-state index contributed by atoms with van der Waals surface area (Å²) in [5.74, 6) is -0.255.